The maximum absolute atomic E-state index is 9.55. The number of aromatic nitrogens is 1. The summed E-state index contributed by atoms with van der Waals surface area (Å²) >= 11 is 0. The molecule has 2 rings (SSSR count). The maximum atomic E-state index is 9.55. The molecule has 6 nitrogen and oxygen atoms in total. The fraction of sp³-hybridized carbons (Fsp3) is 0.211. The lowest BCUT2D eigenvalue weighted by atomic mass is 9.78. The van der Waals surface area contributed by atoms with Crippen molar-refractivity contribution in [2.45, 2.75) is 25.3 Å². The van der Waals surface area contributed by atoms with Crippen LogP contribution in [0.1, 0.15) is 31.1 Å². The Labute approximate surface area is 146 Å². The summed E-state index contributed by atoms with van der Waals surface area (Å²) in [6.07, 6.45) is 2.93. The lowest BCUT2D eigenvalue weighted by Crippen LogP contribution is -2.33. The molecule has 0 aliphatic heterocycles. The zero-order valence-corrected chi connectivity index (χ0v) is 14.2. The van der Waals surface area contributed by atoms with Gasteiger partial charge in [0.25, 0.3) is 0 Å². The molecular weight excluding hydrogens is 320 g/mol. The van der Waals surface area contributed by atoms with Gasteiger partial charge in [0.15, 0.2) is 0 Å². The Morgan fingerprint density at radius 2 is 1.52 bits per heavy atom. The Morgan fingerprint density at radius 1 is 1.00 bits per heavy atom. The van der Waals surface area contributed by atoms with Gasteiger partial charge in [-0.3, -0.25) is 4.98 Å². The van der Waals surface area contributed by atoms with E-state index in [9.17, 15) is 9.59 Å². The summed E-state index contributed by atoms with van der Waals surface area (Å²) in [7, 11) is 0. The molecule has 1 aromatic carbocycles. The van der Waals surface area contributed by atoms with Crippen molar-refractivity contribution in [1.82, 2.24) is 4.98 Å². The zero-order chi connectivity index (χ0) is 18.9. The molecule has 2 aromatic rings. The first-order valence-electron chi connectivity index (χ1n) is 7.61. The van der Waals surface area contributed by atoms with E-state index in [1.54, 1.807) is 0 Å². The predicted octanol–water partition coefficient (Wildman–Crippen LogP) is 2.77. The topological polar surface area (TPSA) is 114 Å². The highest BCUT2D eigenvalue weighted by atomic mass is 16.4. The summed E-state index contributed by atoms with van der Waals surface area (Å²) < 4.78 is 0. The molecule has 0 fully saturated rings. The van der Waals surface area contributed by atoms with Crippen molar-refractivity contribution in [2.24, 2.45) is 5.73 Å². The molecule has 1 atom stereocenters. The van der Waals surface area contributed by atoms with Crippen LogP contribution >= 0.6 is 0 Å². The van der Waals surface area contributed by atoms with Crippen molar-refractivity contribution in [2.75, 3.05) is 0 Å². The molecule has 0 spiro atoms. The van der Waals surface area contributed by atoms with Gasteiger partial charge in [-0.15, -0.1) is 0 Å². The van der Waals surface area contributed by atoms with Crippen molar-refractivity contribution in [3.05, 3.63) is 78.1 Å². The minimum Gasteiger partial charge on any atom is -0.478 e. The Balaban J connectivity index is 0.000000333. The van der Waals surface area contributed by atoms with Gasteiger partial charge in [-0.1, -0.05) is 50.2 Å². The fourth-order valence-electron chi connectivity index (χ4n) is 2.12. The second-order valence-corrected chi connectivity index (χ2v) is 5.83. The molecule has 6 heteroatoms. The monoisotopic (exact) mass is 342 g/mol. The second-order valence-electron chi connectivity index (χ2n) is 5.83. The fourth-order valence-corrected chi connectivity index (χ4v) is 2.12. The number of nitrogens with zero attached hydrogens (tertiary/aromatic N) is 1. The highest BCUT2D eigenvalue weighted by molar-refractivity contribution is 5.89. The van der Waals surface area contributed by atoms with Crippen LogP contribution < -0.4 is 5.73 Å². The van der Waals surface area contributed by atoms with E-state index in [1.807, 2.05) is 42.6 Å². The number of aliphatic carboxylic acids is 2. The molecule has 1 heterocycles. The van der Waals surface area contributed by atoms with Gasteiger partial charge in [-0.25, -0.2) is 9.59 Å². The van der Waals surface area contributed by atoms with E-state index in [0.717, 1.165) is 11.3 Å². The molecule has 0 saturated heterocycles. The van der Waals surface area contributed by atoms with Crippen LogP contribution in [0, 0.1) is 0 Å². The van der Waals surface area contributed by atoms with E-state index < -0.39 is 11.9 Å². The Kier molecular flexibility index (Phi) is 7.49. The Morgan fingerprint density at radius 3 is 1.96 bits per heavy atom. The first-order chi connectivity index (χ1) is 11.7. The normalized spacial score (nSPS) is 12.1. The van der Waals surface area contributed by atoms with Gasteiger partial charge >= 0.3 is 11.9 Å². The van der Waals surface area contributed by atoms with Crippen molar-refractivity contribution in [1.29, 1.82) is 0 Å². The largest absolute Gasteiger partial charge is 0.478 e. The van der Waals surface area contributed by atoms with E-state index in [0.29, 0.717) is 12.2 Å². The molecule has 4 N–H and O–H groups in total. The van der Waals surface area contributed by atoms with Gasteiger partial charge in [0, 0.05) is 35.5 Å². The third-order valence-corrected chi connectivity index (χ3v) is 3.63. The molecule has 0 saturated carbocycles. The highest BCUT2D eigenvalue weighted by Crippen LogP contribution is 2.33. The minimum atomic E-state index is -1.26. The van der Waals surface area contributed by atoms with E-state index in [-0.39, 0.29) is 11.5 Å². The van der Waals surface area contributed by atoms with Crippen LogP contribution in [0.25, 0.3) is 0 Å². The summed E-state index contributed by atoms with van der Waals surface area (Å²) in [6, 6.07) is 16.1. The number of nitrogens with two attached hydrogens (primary N) is 1. The van der Waals surface area contributed by atoms with Crippen LogP contribution in [0.4, 0.5) is 0 Å². The van der Waals surface area contributed by atoms with Crippen LogP contribution in [0.15, 0.2) is 66.9 Å². The summed E-state index contributed by atoms with van der Waals surface area (Å²) in [5.74, 6) is -2.51. The summed E-state index contributed by atoms with van der Waals surface area (Å²) in [5, 5.41) is 15.6. The lowest BCUT2D eigenvalue weighted by molar-refractivity contribution is -0.134. The molecule has 132 valence electrons. The van der Waals surface area contributed by atoms with E-state index >= 15 is 0 Å². The molecule has 0 unspecified atom stereocenters. The SMILES string of the molecule is CC(C)(c1ccccn1)[C@H](N)c1ccccc1.O=C(O)C=CC(=O)O. The Bertz CT molecular complexity index is 697. The number of carbonyl (C=O) groups is 2. The van der Waals surface area contributed by atoms with E-state index in [1.165, 1.54) is 0 Å². The zero-order valence-electron chi connectivity index (χ0n) is 14.2. The second kappa shape index (κ2) is 9.34. The summed E-state index contributed by atoms with van der Waals surface area (Å²) in [5.41, 5.74) is 8.35. The summed E-state index contributed by atoms with van der Waals surface area (Å²) in [6.45, 7) is 4.26. The van der Waals surface area contributed by atoms with Crippen molar-refractivity contribution < 1.29 is 19.8 Å². The standard InChI is InChI=1S/C15H18N2.C4H4O4/c1-15(2,13-10-6-7-11-17-13)14(16)12-8-4-3-5-9-12;5-3(6)1-2-4(7)8/h3-11,14H,16H2,1-2H3;1-2H,(H,5,6)(H,7,8)/t14-;/m1./s1. The molecular formula is C19H22N2O4. The van der Waals surface area contributed by atoms with E-state index in [2.05, 4.69) is 31.0 Å². The number of hydrogen-bond acceptors (Lipinski definition) is 4. The van der Waals surface area contributed by atoms with Crippen LogP contribution in [0.2, 0.25) is 0 Å². The quantitative estimate of drug-likeness (QED) is 0.720. The first kappa shape index (κ1) is 20.1. The smallest absolute Gasteiger partial charge is 0.328 e. The number of carboxylic acid groups (broad SMARTS) is 2. The lowest BCUT2D eigenvalue weighted by Gasteiger charge is -2.31. The summed E-state index contributed by atoms with van der Waals surface area (Å²) in [4.78, 5) is 23.5. The molecule has 0 aliphatic carbocycles. The highest BCUT2D eigenvalue weighted by Gasteiger charge is 2.30. The number of rotatable bonds is 5. The van der Waals surface area contributed by atoms with Gasteiger partial charge in [0.05, 0.1) is 0 Å². The minimum absolute atomic E-state index is 0.0569. The van der Waals surface area contributed by atoms with Crippen molar-refractivity contribution >= 4 is 11.9 Å². The van der Waals surface area contributed by atoms with Crippen molar-refractivity contribution in [3.8, 4) is 0 Å². The van der Waals surface area contributed by atoms with Gasteiger partial charge in [0.2, 0.25) is 0 Å². The molecule has 0 amide bonds. The van der Waals surface area contributed by atoms with E-state index in [4.69, 9.17) is 15.9 Å². The first-order valence-corrected chi connectivity index (χ1v) is 7.61. The molecule has 1 aromatic heterocycles. The molecule has 0 radical (unpaired) electrons. The van der Waals surface area contributed by atoms with Crippen LogP contribution in [-0.2, 0) is 15.0 Å². The van der Waals surface area contributed by atoms with Crippen LogP contribution in [0.5, 0.6) is 0 Å². The third-order valence-electron chi connectivity index (χ3n) is 3.63. The third kappa shape index (κ3) is 6.56. The number of hydrogen-bond donors (Lipinski definition) is 3. The molecule has 0 bridgehead atoms. The van der Waals surface area contributed by atoms with Gasteiger partial charge in [-0.2, -0.15) is 0 Å². The number of pyridine rings is 1. The predicted molar refractivity (Wildman–Crippen MR) is 95.0 cm³/mol. The van der Waals surface area contributed by atoms with Gasteiger partial charge < -0.3 is 15.9 Å². The van der Waals surface area contributed by atoms with Crippen LogP contribution in [-0.4, -0.2) is 27.1 Å². The van der Waals surface area contributed by atoms with Gasteiger partial charge in [-0.05, 0) is 17.7 Å². The van der Waals surface area contributed by atoms with Crippen molar-refractivity contribution in [3.63, 3.8) is 0 Å². The average molecular weight is 342 g/mol. The molecule has 0 aliphatic rings. The van der Waals surface area contributed by atoms with Gasteiger partial charge in [0.1, 0.15) is 0 Å². The average Bonchev–Trinajstić information content (AvgIpc) is 2.61. The maximum Gasteiger partial charge on any atom is 0.328 e. The number of benzene rings is 1. The number of carboxylic acids is 2. The molecule has 25 heavy (non-hydrogen) atoms. The van der Waals surface area contributed by atoms with Crippen LogP contribution in [0.3, 0.4) is 0 Å². The Hall–Kier alpha value is -2.99.